The van der Waals surface area contributed by atoms with Crippen molar-refractivity contribution in [3.63, 3.8) is 0 Å². The Balaban J connectivity index is 3.36. The van der Waals surface area contributed by atoms with E-state index in [1.807, 2.05) is 0 Å². The minimum Gasteiger partial charge on any atom is -0.334 e. The molecule has 0 saturated carbocycles. The van der Waals surface area contributed by atoms with Crippen molar-refractivity contribution in [1.29, 1.82) is 0 Å². The molecule has 0 amide bonds. The molecule has 7 heavy (non-hydrogen) atoms. The first kappa shape index (κ1) is 7.53. The molecule has 0 aliphatic heterocycles. The molecular weight excluding hydrogens is 133 g/mol. The number of nitrogens with two attached hydrogens (primary N) is 1. The van der Waals surface area contributed by atoms with Crippen molar-refractivity contribution in [2.45, 2.75) is 6.92 Å². The second-order valence-corrected chi connectivity index (χ2v) is 3.94. The maximum Gasteiger partial charge on any atom is 0.255 e. The Kier molecular flexibility index (Phi) is 2.95. The van der Waals surface area contributed by atoms with Gasteiger partial charge in [0.05, 0.1) is 6.61 Å². The zero-order valence-corrected chi connectivity index (χ0v) is 5.71. The first-order valence-corrected chi connectivity index (χ1v) is 4.56. The predicted molar refractivity (Wildman–Crippen MR) is 32.3 cm³/mol. The normalized spacial score (nSPS) is 18.7. The highest BCUT2D eigenvalue weighted by Crippen LogP contribution is 2.30. The fraction of sp³-hybridized carbons (Fsp3) is 1.00. The Hall–Kier alpha value is 0.530. The van der Waals surface area contributed by atoms with E-state index < -0.39 is 6.64 Å². The van der Waals surface area contributed by atoms with Gasteiger partial charge in [0.1, 0.15) is 0 Å². The molecule has 0 spiro atoms. The zero-order chi connectivity index (χ0) is 5.91. The van der Waals surface area contributed by atoms with Crippen molar-refractivity contribution >= 4 is 18.4 Å². The largest absolute Gasteiger partial charge is 0.334 e. The predicted octanol–water partition coefficient (Wildman–Crippen LogP) is 0.198. The third-order valence-corrected chi connectivity index (χ3v) is 1.26. The first-order chi connectivity index (χ1) is 3.06. The van der Waals surface area contributed by atoms with Gasteiger partial charge >= 0.3 is 0 Å². The van der Waals surface area contributed by atoms with Crippen LogP contribution in [0.2, 0.25) is 0 Å². The van der Waals surface area contributed by atoms with Crippen molar-refractivity contribution in [1.82, 2.24) is 0 Å². The summed E-state index contributed by atoms with van der Waals surface area (Å²) < 4.78 is 4.49. The lowest BCUT2D eigenvalue weighted by Gasteiger charge is -2.04. The third kappa shape index (κ3) is 6.53. The lowest BCUT2D eigenvalue weighted by Crippen LogP contribution is -1.96. The summed E-state index contributed by atoms with van der Waals surface area (Å²) in [4.78, 5) is 8.50. The van der Waals surface area contributed by atoms with E-state index in [-0.39, 0.29) is 0 Å². The summed E-state index contributed by atoms with van der Waals surface area (Å²) in [5.74, 6) is 0. The van der Waals surface area contributed by atoms with Crippen molar-refractivity contribution in [2.75, 3.05) is 6.61 Å². The molecule has 44 valence electrons. The van der Waals surface area contributed by atoms with Crippen LogP contribution in [0.4, 0.5) is 0 Å². The van der Waals surface area contributed by atoms with Crippen molar-refractivity contribution in [2.24, 2.45) is 5.50 Å². The molecular formula is C2H8NO2PS. The monoisotopic (exact) mass is 141 g/mol. The van der Waals surface area contributed by atoms with Gasteiger partial charge in [0.25, 0.3) is 6.64 Å². The molecule has 3 N–H and O–H groups in total. The van der Waals surface area contributed by atoms with E-state index >= 15 is 0 Å². The molecule has 1 unspecified atom stereocenters. The third-order valence-electron chi connectivity index (χ3n) is 0.314. The summed E-state index contributed by atoms with van der Waals surface area (Å²) in [6.07, 6.45) is 0. The molecule has 0 aromatic rings. The molecule has 0 aliphatic carbocycles. The maximum absolute atomic E-state index is 8.50. The van der Waals surface area contributed by atoms with Crippen molar-refractivity contribution < 1.29 is 9.42 Å². The van der Waals surface area contributed by atoms with Gasteiger partial charge in [0.15, 0.2) is 0 Å². The molecule has 0 fully saturated rings. The topological polar surface area (TPSA) is 55.5 Å². The van der Waals surface area contributed by atoms with Crippen molar-refractivity contribution in [3.8, 4) is 0 Å². The van der Waals surface area contributed by atoms with Crippen LogP contribution in [-0.4, -0.2) is 11.5 Å². The molecule has 0 saturated heterocycles. The van der Waals surface area contributed by atoms with Gasteiger partial charge in [-0.25, -0.2) is 0 Å². The average Bonchev–Trinajstić information content (AvgIpc) is 1.30. The summed E-state index contributed by atoms with van der Waals surface area (Å²) >= 11 is 4.31. The Morgan fingerprint density at radius 3 is 2.43 bits per heavy atom. The lowest BCUT2D eigenvalue weighted by molar-refractivity contribution is 0.327. The molecule has 0 heterocycles. The van der Waals surface area contributed by atoms with E-state index in [9.17, 15) is 0 Å². The highest BCUT2D eigenvalue weighted by atomic mass is 32.5. The second-order valence-electron chi connectivity index (χ2n) is 0.982. The molecule has 0 aromatic carbocycles. The number of rotatable bonds is 2. The Morgan fingerprint density at radius 1 is 2.00 bits per heavy atom. The standard InChI is InChI=1S/C2H8NO2PS/c1-2-5-6(3,4)7/h2H2,1H3,(H3,3,4,7). The van der Waals surface area contributed by atoms with Crippen LogP contribution in [0.25, 0.3) is 0 Å². The van der Waals surface area contributed by atoms with Gasteiger partial charge in [0.2, 0.25) is 0 Å². The van der Waals surface area contributed by atoms with Crippen LogP contribution in [0.5, 0.6) is 0 Å². The zero-order valence-electron chi connectivity index (χ0n) is 4.00. The second kappa shape index (κ2) is 2.74. The Bertz CT molecular complexity index is 89.7. The smallest absolute Gasteiger partial charge is 0.255 e. The highest BCUT2D eigenvalue weighted by Gasteiger charge is 2.00. The van der Waals surface area contributed by atoms with Gasteiger partial charge in [-0.1, -0.05) is 0 Å². The first-order valence-electron chi connectivity index (χ1n) is 1.82. The van der Waals surface area contributed by atoms with Crippen LogP contribution in [0.15, 0.2) is 0 Å². The van der Waals surface area contributed by atoms with Crippen LogP contribution < -0.4 is 5.50 Å². The molecule has 1 atom stereocenters. The minimum absolute atomic E-state index is 0.379. The Labute approximate surface area is 47.7 Å². The fourth-order valence-corrected chi connectivity index (χ4v) is 0.871. The SMILES string of the molecule is CCOP(N)(O)=S. The molecule has 0 aromatic heterocycles. The Morgan fingerprint density at radius 2 is 2.43 bits per heavy atom. The van der Waals surface area contributed by atoms with Crippen LogP contribution >= 0.6 is 6.64 Å². The molecule has 0 aliphatic rings. The van der Waals surface area contributed by atoms with E-state index in [4.69, 9.17) is 10.4 Å². The highest BCUT2D eigenvalue weighted by molar-refractivity contribution is 8.08. The molecule has 5 heteroatoms. The van der Waals surface area contributed by atoms with Gasteiger partial charge in [0, 0.05) is 0 Å². The maximum atomic E-state index is 8.50. The van der Waals surface area contributed by atoms with Gasteiger partial charge in [-0.15, -0.1) is 0 Å². The summed E-state index contributed by atoms with van der Waals surface area (Å²) in [5.41, 5.74) is 4.91. The average molecular weight is 141 g/mol. The van der Waals surface area contributed by atoms with Crippen LogP contribution in [0.1, 0.15) is 6.92 Å². The molecule has 3 nitrogen and oxygen atoms in total. The van der Waals surface area contributed by atoms with Gasteiger partial charge in [-0.2, -0.15) is 0 Å². The summed E-state index contributed by atoms with van der Waals surface area (Å²) in [6.45, 7) is -0.727. The van der Waals surface area contributed by atoms with E-state index in [1.165, 1.54) is 0 Å². The van der Waals surface area contributed by atoms with E-state index in [0.717, 1.165) is 0 Å². The number of hydrogen-bond acceptors (Lipinski definition) is 2. The molecule has 0 bridgehead atoms. The van der Waals surface area contributed by atoms with E-state index in [0.29, 0.717) is 6.61 Å². The summed E-state index contributed by atoms with van der Waals surface area (Å²) in [7, 11) is 0. The van der Waals surface area contributed by atoms with Gasteiger partial charge < -0.3 is 9.42 Å². The van der Waals surface area contributed by atoms with Gasteiger partial charge in [-0.3, -0.25) is 5.50 Å². The van der Waals surface area contributed by atoms with Crippen LogP contribution in [0, 0.1) is 0 Å². The molecule has 0 rings (SSSR count). The number of hydrogen-bond donors (Lipinski definition) is 2. The summed E-state index contributed by atoms with van der Waals surface area (Å²) in [6, 6.07) is 0. The summed E-state index contributed by atoms with van der Waals surface area (Å²) in [5, 5.41) is 0. The molecule has 0 radical (unpaired) electrons. The quantitative estimate of drug-likeness (QED) is 0.539. The minimum atomic E-state index is -2.83. The van der Waals surface area contributed by atoms with Crippen LogP contribution in [-0.2, 0) is 16.3 Å². The van der Waals surface area contributed by atoms with Crippen molar-refractivity contribution in [3.05, 3.63) is 0 Å². The lowest BCUT2D eigenvalue weighted by atomic mass is 10.9. The fourth-order valence-electron chi connectivity index (χ4n) is 0.185. The van der Waals surface area contributed by atoms with E-state index in [2.05, 4.69) is 16.3 Å². The van der Waals surface area contributed by atoms with E-state index in [1.54, 1.807) is 6.92 Å². The van der Waals surface area contributed by atoms with Gasteiger partial charge in [-0.05, 0) is 18.7 Å². The van der Waals surface area contributed by atoms with Crippen LogP contribution in [0.3, 0.4) is 0 Å².